The Hall–Kier alpha value is -2.45. The minimum Gasteiger partial charge on any atom is -0.355 e. The monoisotopic (exact) mass is 386 g/mol. The maximum Gasteiger partial charge on any atom is 0.210 e. The normalized spacial score (nSPS) is 10.7. The fourth-order valence-electron chi connectivity index (χ4n) is 2.72. The Labute approximate surface area is 159 Å². The standard InChI is InChI=1S/C18H18N4O2S2/c1-10-15(12(3)23)11(2)19-16(10)14(24)9-25-18-22-21-17(26-18)20-13-7-5-4-6-8-13/h4-8,19H,9H2,1-3H3,(H,20,21). The average molecular weight is 387 g/mol. The van der Waals surface area contributed by atoms with Crippen molar-refractivity contribution in [2.24, 2.45) is 0 Å². The van der Waals surface area contributed by atoms with Crippen molar-refractivity contribution in [3.63, 3.8) is 0 Å². The summed E-state index contributed by atoms with van der Waals surface area (Å²) in [6.07, 6.45) is 0. The molecule has 0 atom stereocenters. The largest absolute Gasteiger partial charge is 0.355 e. The van der Waals surface area contributed by atoms with Crippen molar-refractivity contribution in [1.29, 1.82) is 0 Å². The Morgan fingerprint density at radius 2 is 1.92 bits per heavy atom. The smallest absolute Gasteiger partial charge is 0.210 e. The lowest BCUT2D eigenvalue weighted by Crippen LogP contribution is -2.05. The van der Waals surface area contributed by atoms with E-state index in [2.05, 4.69) is 20.5 Å². The van der Waals surface area contributed by atoms with E-state index in [9.17, 15) is 9.59 Å². The van der Waals surface area contributed by atoms with Crippen LogP contribution in [0.5, 0.6) is 0 Å². The van der Waals surface area contributed by atoms with Crippen LogP contribution in [-0.2, 0) is 0 Å². The van der Waals surface area contributed by atoms with E-state index in [0.717, 1.165) is 11.4 Å². The summed E-state index contributed by atoms with van der Waals surface area (Å²) in [4.78, 5) is 27.2. The number of ketones is 2. The molecule has 0 fully saturated rings. The molecule has 2 heterocycles. The number of rotatable bonds is 7. The molecular formula is C18H18N4O2S2. The second-order valence-electron chi connectivity index (χ2n) is 5.76. The molecule has 0 aliphatic heterocycles. The number of carbonyl (C=O) groups excluding carboxylic acids is 2. The molecule has 0 radical (unpaired) electrons. The van der Waals surface area contributed by atoms with Crippen LogP contribution in [0.1, 0.15) is 39.0 Å². The van der Waals surface area contributed by atoms with Gasteiger partial charge in [0.15, 0.2) is 15.9 Å². The number of nitrogens with one attached hydrogen (secondary N) is 2. The number of carbonyl (C=O) groups is 2. The molecule has 0 aliphatic carbocycles. The zero-order valence-corrected chi connectivity index (χ0v) is 16.3. The number of para-hydroxylation sites is 1. The highest BCUT2D eigenvalue weighted by atomic mass is 32.2. The van der Waals surface area contributed by atoms with E-state index >= 15 is 0 Å². The Balaban J connectivity index is 1.64. The van der Waals surface area contributed by atoms with Gasteiger partial charge in [0, 0.05) is 16.9 Å². The maximum absolute atomic E-state index is 12.5. The second-order valence-corrected chi connectivity index (χ2v) is 7.96. The van der Waals surface area contributed by atoms with Crippen LogP contribution in [-0.4, -0.2) is 32.5 Å². The first-order chi connectivity index (χ1) is 12.5. The van der Waals surface area contributed by atoms with Crippen molar-refractivity contribution in [3.8, 4) is 0 Å². The lowest BCUT2D eigenvalue weighted by atomic mass is 10.1. The number of Topliss-reactive ketones (excluding diaryl/α,β-unsaturated/α-hetero) is 2. The highest BCUT2D eigenvalue weighted by Crippen LogP contribution is 2.28. The quantitative estimate of drug-likeness (QED) is 0.462. The van der Waals surface area contributed by atoms with Crippen LogP contribution >= 0.6 is 23.1 Å². The lowest BCUT2D eigenvalue weighted by molar-refractivity contribution is 0.101. The summed E-state index contributed by atoms with van der Waals surface area (Å²) in [6.45, 7) is 5.11. The number of aryl methyl sites for hydroxylation is 1. The number of H-pyrrole nitrogens is 1. The molecule has 0 saturated carbocycles. The highest BCUT2D eigenvalue weighted by molar-refractivity contribution is 8.01. The molecule has 0 aliphatic rings. The summed E-state index contributed by atoms with van der Waals surface area (Å²) in [5.74, 6) is 0.137. The van der Waals surface area contributed by atoms with Gasteiger partial charge in [-0.05, 0) is 38.5 Å². The predicted molar refractivity (Wildman–Crippen MR) is 105 cm³/mol. The molecular weight excluding hydrogens is 368 g/mol. The second kappa shape index (κ2) is 7.84. The van der Waals surface area contributed by atoms with Crippen LogP contribution < -0.4 is 5.32 Å². The lowest BCUT2D eigenvalue weighted by Gasteiger charge is -2.00. The molecule has 0 bridgehead atoms. The van der Waals surface area contributed by atoms with Gasteiger partial charge in [-0.2, -0.15) is 0 Å². The Morgan fingerprint density at radius 1 is 1.19 bits per heavy atom. The first kappa shape index (κ1) is 18.3. The van der Waals surface area contributed by atoms with E-state index in [1.807, 2.05) is 30.3 Å². The molecule has 0 spiro atoms. The molecule has 134 valence electrons. The number of aromatic nitrogens is 3. The molecule has 6 nitrogen and oxygen atoms in total. The third-order valence-electron chi connectivity index (χ3n) is 3.83. The molecule has 8 heteroatoms. The zero-order chi connectivity index (χ0) is 18.7. The number of anilines is 2. The van der Waals surface area contributed by atoms with Crippen LogP contribution in [0.2, 0.25) is 0 Å². The van der Waals surface area contributed by atoms with Gasteiger partial charge in [-0.25, -0.2) is 0 Å². The van der Waals surface area contributed by atoms with E-state index < -0.39 is 0 Å². The fourth-order valence-corrected chi connectivity index (χ4v) is 4.36. The summed E-state index contributed by atoms with van der Waals surface area (Å²) in [7, 11) is 0. The summed E-state index contributed by atoms with van der Waals surface area (Å²) in [6, 6.07) is 9.71. The summed E-state index contributed by atoms with van der Waals surface area (Å²) >= 11 is 2.73. The molecule has 2 N–H and O–H groups in total. The first-order valence-corrected chi connectivity index (χ1v) is 9.77. The summed E-state index contributed by atoms with van der Waals surface area (Å²) < 4.78 is 0.713. The first-order valence-electron chi connectivity index (χ1n) is 7.97. The SMILES string of the molecule is CC(=O)c1c(C)[nH]c(C(=O)CSc2nnc(Nc3ccccc3)s2)c1C. The molecule has 3 aromatic rings. The van der Waals surface area contributed by atoms with E-state index in [4.69, 9.17) is 0 Å². The van der Waals surface area contributed by atoms with Gasteiger partial charge in [0.2, 0.25) is 5.13 Å². The number of hydrogen-bond acceptors (Lipinski definition) is 7. The third kappa shape index (κ3) is 4.03. The summed E-state index contributed by atoms with van der Waals surface area (Å²) in [5, 5.41) is 12.1. The molecule has 26 heavy (non-hydrogen) atoms. The Morgan fingerprint density at radius 3 is 2.58 bits per heavy atom. The van der Waals surface area contributed by atoms with E-state index in [0.29, 0.717) is 26.3 Å². The number of hydrogen-bond donors (Lipinski definition) is 2. The van der Waals surface area contributed by atoms with Crippen molar-refractivity contribution in [2.75, 3.05) is 11.1 Å². The topological polar surface area (TPSA) is 87.7 Å². The van der Waals surface area contributed by atoms with Crippen LogP contribution in [0.4, 0.5) is 10.8 Å². The number of benzene rings is 1. The maximum atomic E-state index is 12.5. The molecule has 0 unspecified atom stereocenters. The van der Waals surface area contributed by atoms with Gasteiger partial charge in [0.05, 0.1) is 11.4 Å². The Kier molecular flexibility index (Phi) is 5.53. The predicted octanol–water partition coefficient (Wildman–Crippen LogP) is 4.40. The van der Waals surface area contributed by atoms with Crippen molar-refractivity contribution in [1.82, 2.24) is 15.2 Å². The van der Waals surface area contributed by atoms with Gasteiger partial charge in [-0.15, -0.1) is 10.2 Å². The van der Waals surface area contributed by atoms with Gasteiger partial charge in [0.1, 0.15) is 0 Å². The minimum atomic E-state index is -0.0594. The summed E-state index contributed by atoms with van der Waals surface area (Å²) in [5.41, 5.74) is 3.47. The minimum absolute atomic E-state index is 0.0382. The van der Waals surface area contributed by atoms with Gasteiger partial charge in [-0.1, -0.05) is 41.3 Å². The van der Waals surface area contributed by atoms with Crippen LogP contribution in [0, 0.1) is 13.8 Å². The highest BCUT2D eigenvalue weighted by Gasteiger charge is 2.20. The fraction of sp³-hybridized carbons (Fsp3) is 0.222. The molecule has 2 aromatic heterocycles. The zero-order valence-electron chi connectivity index (χ0n) is 14.6. The molecule has 0 amide bonds. The van der Waals surface area contributed by atoms with Crippen LogP contribution in [0.3, 0.4) is 0 Å². The number of aromatic amines is 1. The Bertz CT molecular complexity index is 948. The third-order valence-corrected chi connectivity index (χ3v) is 5.80. The number of thioether (sulfide) groups is 1. The van der Waals surface area contributed by atoms with E-state index in [1.165, 1.54) is 30.0 Å². The van der Waals surface area contributed by atoms with E-state index in [1.54, 1.807) is 13.8 Å². The van der Waals surface area contributed by atoms with Gasteiger partial charge in [-0.3, -0.25) is 9.59 Å². The van der Waals surface area contributed by atoms with Gasteiger partial charge >= 0.3 is 0 Å². The van der Waals surface area contributed by atoms with Crippen molar-refractivity contribution in [2.45, 2.75) is 25.1 Å². The van der Waals surface area contributed by atoms with Gasteiger partial charge in [0.25, 0.3) is 0 Å². The van der Waals surface area contributed by atoms with Crippen LogP contribution in [0.25, 0.3) is 0 Å². The van der Waals surface area contributed by atoms with Crippen LogP contribution in [0.15, 0.2) is 34.7 Å². The van der Waals surface area contributed by atoms with Crippen molar-refractivity contribution in [3.05, 3.63) is 52.8 Å². The van der Waals surface area contributed by atoms with Crippen molar-refractivity contribution >= 4 is 45.5 Å². The van der Waals surface area contributed by atoms with Crippen molar-refractivity contribution < 1.29 is 9.59 Å². The molecule has 3 rings (SSSR count). The van der Waals surface area contributed by atoms with Gasteiger partial charge < -0.3 is 10.3 Å². The average Bonchev–Trinajstić information content (AvgIpc) is 3.17. The molecule has 0 saturated heterocycles. The van der Waals surface area contributed by atoms with E-state index in [-0.39, 0.29) is 17.3 Å². The molecule has 1 aromatic carbocycles. The number of nitrogens with zero attached hydrogens (tertiary/aromatic N) is 2.